The smallest absolute Gasteiger partial charge is 0.366 e. The summed E-state index contributed by atoms with van der Waals surface area (Å²) in [5, 5.41) is 20.0. The van der Waals surface area contributed by atoms with Crippen LogP contribution >= 0.6 is 0 Å². The lowest BCUT2D eigenvalue weighted by molar-refractivity contribution is -0.497. The number of aliphatic hydroxyl groups is 2. The summed E-state index contributed by atoms with van der Waals surface area (Å²) in [5.41, 5.74) is 0. The maximum atomic E-state index is 12.2. The van der Waals surface area contributed by atoms with Crippen LogP contribution in [0.4, 0.5) is 0 Å². The topological polar surface area (TPSA) is 113 Å². The van der Waals surface area contributed by atoms with Crippen molar-refractivity contribution in [3.8, 4) is 0 Å². The minimum Gasteiger partial charge on any atom is -0.465 e. The second-order valence-corrected chi connectivity index (χ2v) is 8.03. The third kappa shape index (κ3) is 3.63. The van der Waals surface area contributed by atoms with Crippen LogP contribution in [0, 0.1) is 0 Å². The van der Waals surface area contributed by atoms with Crippen LogP contribution in [0.25, 0.3) is 0 Å². The first kappa shape index (κ1) is 21.2. The van der Waals surface area contributed by atoms with Gasteiger partial charge in [0.1, 0.15) is 12.2 Å². The zero-order valence-corrected chi connectivity index (χ0v) is 16.7. The van der Waals surface area contributed by atoms with E-state index in [1.165, 1.54) is 13.2 Å². The monoisotopic (exact) mass is 414 g/mol. The maximum Gasteiger partial charge on any atom is 0.366 e. The lowest BCUT2D eigenvalue weighted by atomic mass is 9.85. The Kier molecular flexibility index (Phi) is 6.00. The molecule has 0 radical (unpaired) electrons. The van der Waals surface area contributed by atoms with Crippen molar-refractivity contribution in [1.29, 1.82) is 0 Å². The van der Waals surface area contributed by atoms with E-state index in [2.05, 4.69) is 0 Å². The molecule has 9 heteroatoms. The summed E-state index contributed by atoms with van der Waals surface area (Å²) in [7, 11) is 1.18. The van der Waals surface area contributed by atoms with E-state index < -0.39 is 41.6 Å². The average molecular weight is 414 g/mol. The van der Waals surface area contributed by atoms with Crippen molar-refractivity contribution in [2.24, 2.45) is 0 Å². The maximum absolute atomic E-state index is 12.2. The Labute approximate surface area is 169 Å². The van der Waals surface area contributed by atoms with Gasteiger partial charge in [0.15, 0.2) is 0 Å². The molecule has 0 aromatic heterocycles. The predicted octanol–water partition coefficient (Wildman–Crippen LogP) is 0.763. The molecule has 4 aliphatic rings. The van der Waals surface area contributed by atoms with Crippen LogP contribution in [0.3, 0.4) is 0 Å². The summed E-state index contributed by atoms with van der Waals surface area (Å²) in [5.74, 6) is -5.25. The normalized spacial score (nSPS) is 45.4. The van der Waals surface area contributed by atoms with Gasteiger partial charge in [0.25, 0.3) is 5.79 Å². The number of fused-ring (bicyclic) bond motifs is 2. The number of hydrogen-bond acceptors (Lipinski definition) is 9. The first-order chi connectivity index (χ1) is 14.0. The molecule has 0 aromatic carbocycles. The molecule has 4 fully saturated rings. The SMILES string of the molecule is COC(=O)[C@@]1(O)C[C@H]2O[C@@]3(CCCCO3)[C@]3(CCCCO3)O[C@@H]2[C@@H](/C=C\CO)O1. The Morgan fingerprint density at radius 3 is 2.28 bits per heavy atom. The van der Waals surface area contributed by atoms with E-state index in [1.54, 1.807) is 6.08 Å². The molecule has 9 nitrogen and oxygen atoms in total. The number of carbonyl (C=O) groups is 1. The molecule has 0 aromatic rings. The van der Waals surface area contributed by atoms with Gasteiger partial charge in [0.2, 0.25) is 11.6 Å². The van der Waals surface area contributed by atoms with Crippen LogP contribution in [0.1, 0.15) is 44.9 Å². The molecule has 4 heterocycles. The van der Waals surface area contributed by atoms with E-state index in [0.717, 1.165) is 25.7 Å². The summed E-state index contributed by atoms with van der Waals surface area (Å²) in [6, 6.07) is 0. The molecule has 0 unspecified atom stereocenters. The fourth-order valence-corrected chi connectivity index (χ4v) is 4.80. The lowest BCUT2D eigenvalue weighted by Gasteiger charge is -2.60. The summed E-state index contributed by atoms with van der Waals surface area (Å²) < 4.78 is 35.8. The molecule has 4 rings (SSSR count). The fraction of sp³-hybridized carbons (Fsp3) is 0.850. The van der Waals surface area contributed by atoms with Crippen LogP contribution in [-0.2, 0) is 33.2 Å². The number of hydrogen-bond donors (Lipinski definition) is 2. The van der Waals surface area contributed by atoms with Gasteiger partial charge in [-0.25, -0.2) is 4.79 Å². The molecule has 0 saturated carbocycles. The van der Waals surface area contributed by atoms with Crippen LogP contribution in [0.2, 0.25) is 0 Å². The molecular formula is C20H30O9. The minimum absolute atomic E-state index is 0.158. The highest BCUT2D eigenvalue weighted by Gasteiger charge is 2.67. The molecule has 4 saturated heterocycles. The van der Waals surface area contributed by atoms with Crippen LogP contribution in [0.5, 0.6) is 0 Å². The van der Waals surface area contributed by atoms with Gasteiger partial charge in [-0.2, -0.15) is 0 Å². The summed E-state index contributed by atoms with van der Waals surface area (Å²) in [4.78, 5) is 12.2. The third-order valence-electron chi connectivity index (χ3n) is 6.15. The second-order valence-electron chi connectivity index (χ2n) is 8.03. The quantitative estimate of drug-likeness (QED) is 0.510. The van der Waals surface area contributed by atoms with Gasteiger partial charge < -0.3 is 38.6 Å². The fourth-order valence-electron chi connectivity index (χ4n) is 4.80. The molecule has 29 heavy (non-hydrogen) atoms. The highest BCUT2D eigenvalue weighted by atomic mass is 16.8. The van der Waals surface area contributed by atoms with Gasteiger partial charge in [0, 0.05) is 19.3 Å². The Morgan fingerprint density at radius 1 is 1.07 bits per heavy atom. The van der Waals surface area contributed by atoms with E-state index in [9.17, 15) is 15.0 Å². The Morgan fingerprint density at radius 2 is 1.72 bits per heavy atom. The van der Waals surface area contributed by atoms with Crippen molar-refractivity contribution in [3.05, 3.63) is 12.2 Å². The molecule has 2 spiro atoms. The zero-order valence-electron chi connectivity index (χ0n) is 16.7. The van der Waals surface area contributed by atoms with E-state index in [1.807, 2.05) is 0 Å². The highest BCUT2D eigenvalue weighted by Crippen LogP contribution is 2.52. The summed E-state index contributed by atoms with van der Waals surface area (Å²) in [6.07, 6.45) is 5.60. The predicted molar refractivity (Wildman–Crippen MR) is 97.5 cm³/mol. The molecule has 164 valence electrons. The molecule has 2 N–H and O–H groups in total. The van der Waals surface area contributed by atoms with Crippen LogP contribution in [-0.4, -0.2) is 78.8 Å². The molecule has 6 atom stereocenters. The number of esters is 1. The van der Waals surface area contributed by atoms with Crippen molar-refractivity contribution in [2.75, 3.05) is 26.9 Å². The van der Waals surface area contributed by atoms with Gasteiger partial charge >= 0.3 is 5.97 Å². The van der Waals surface area contributed by atoms with Crippen molar-refractivity contribution in [3.63, 3.8) is 0 Å². The molecule has 0 amide bonds. The average Bonchev–Trinajstić information content (AvgIpc) is 2.74. The zero-order chi connectivity index (χ0) is 20.5. The van der Waals surface area contributed by atoms with Crippen molar-refractivity contribution in [2.45, 2.75) is 80.6 Å². The highest BCUT2D eigenvalue weighted by molar-refractivity contribution is 5.77. The van der Waals surface area contributed by atoms with Crippen molar-refractivity contribution in [1.82, 2.24) is 0 Å². The minimum atomic E-state index is -2.18. The Hall–Kier alpha value is -1.07. The largest absolute Gasteiger partial charge is 0.465 e. The van der Waals surface area contributed by atoms with Crippen molar-refractivity contribution >= 4 is 5.97 Å². The third-order valence-corrected chi connectivity index (χ3v) is 6.15. The van der Waals surface area contributed by atoms with E-state index in [-0.39, 0.29) is 13.0 Å². The molecule has 0 bridgehead atoms. The second kappa shape index (κ2) is 8.22. The number of aliphatic hydroxyl groups excluding tert-OH is 1. The van der Waals surface area contributed by atoms with E-state index >= 15 is 0 Å². The molecular weight excluding hydrogens is 384 g/mol. The van der Waals surface area contributed by atoms with Gasteiger partial charge in [-0.3, -0.25) is 0 Å². The lowest BCUT2D eigenvalue weighted by Crippen LogP contribution is -2.74. The van der Waals surface area contributed by atoms with Gasteiger partial charge in [-0.15, -0.1) is 0 Å². The number of ether oxygens (including phenoxy) is 6. The van der Waals surface area contributed by atoms with Gasteiger partial charge in [0.05, 0.1) is 33.0 Å². The van der Waals surface area contributed by atoms with E-state index in [4.69, 9.17) is 28.4 Å². The van der Waals surface area contributed by atoms with Crippen LogP contribution in [0.15, 0.2) is 12.2 Å². The Balaban J connectivity index is 1.69. The standard InChI is InChI=1S/C20H30O9/c1-24-17(22)18(23)13-15-16(14(27-18)7-6-10-21)29-20(9-3-5-12-26-20)19(28-15)8-2-4-11-25-19/h6-7,14-16,21,23H,2-5,8-13H2,1H3/b7-6-/t14-,15-,16-,18-,19+,20+/m1/s1. The first-order valence-electron chi connectivity index (χ1n) is 10.4. The summed E-state index contributed by atoms with van der Waals surface area (Å²) >= 11 is 0. The number of methoxy groups -OCH3 is 1. The van der Waals surface area contributed by atoms with Crippen LogP contribution < -0.4 is 0 Å². The van der Waals surface area contributed by atoms with Gasteiger partial charge in [-0.1, -0.05) is 12.2 Å². The van der Waals surface area contributed by atoms with Gasteiger partial charge in [-0.05, 0) is 25.7 Å². The molecule has 4 aliphatic heterocycles. The van der Waals surface area contributed by atoms with Crippen molar-refractivity contribution < 1.29 is 43.4 Å². The summed E-state index contributed by atoms with van der Waals surface area (Å²) in [6.45, 7) is 0.844. The number of carbonyl (C=O) groups excluding carboxylic acids is 1. The number of rotatable bonds is 3. The molecule has 0 aliphatic carbocycles. The Bertz CT molecular complexity index is 623. The van der Waals surface area contributed by atoms with E-state index in [0.29, 0.717) is 26.1 Å². The first-order valence-corrected chi connectivity index (χ1v) is 10.4.